The van der Waals surface area contributed by atoms with Gasteiger partial charge in [-0.3, -0.25) is 4.79 Å². The fourth-order valence-corrected chi connectivity index (χ4v) is 4.47. The van der Waals surface area contributed by atoms with Gasteiger partial charge in [-0.2, -0.15) is 0 Å². The van der Waals surface area contributed by atoms with E-state index >= 15 is 0 Å². The zero-order chi connectivity index (χ0) is 17.3. The van der Waals surface area contributed by atoms with Crippen LogP contribution in [-0.2, 0) is 16.8 Å². The molecule has 0 aliphatic carbocycles. The number of fused-ring (bicyclic) bond motifs is 3. The molecule has 1 aromatic rings. The van der Waals surface area contributed by atoms with Crippen molar-refractivity contribution in [3.05, 3.63) is 23.3 Å². The molecule has 2 heterocycles. The van der Waals surface area contributed by atoms with E-state index in [2.05, 4.69) is 6.92 Å². The lowest BCUT2D eigenvalue weighted by Gasteiger charge is -2.48. The average Bonchev–Trinajstić information content (AvgIpc) is 2.96. The third-order valence-electron chi connectivity index (χ3n) is 5.57. The van der Waals surface area contributed by atoms with Crippen LogP contribution in [0.5, 0.6) is 11.5 Å². The minimum Gasteiger partial charge on any atom is -0.493 e. The van der Waals surface area contributed by atoms with E-state index < -0.39 is 0 Å². The molecule has 1 aromatic carbocycles. The number of amides is 1. The molecule has 0 bridgehead atoms. The second-order valence-electron chi connectivity index (χ2n) is 6.80. The Morgan fingerprint density at radius 1 is 1.29 bits per heavy atom. The summed E-state index contributed by atoms with van der Waals surface area (Å²) in [7, 11) is 3.27. The summed E-state index contributed by atoms with van der Waals surface area (Å²) in [5.41, 5.74) is 2.02. The molecule has 5 heteroatoms. The van der Waals surface area contributed by atoms with Gasteiger partial charge in [0.15, 0.2) is 11.5 Å². The molecule has 0 radical (unpaired) electrons. The van der Waals surface area contributed by atoms with Crippen molar-refractivity contribution < 1.29 is 19.4 Å². The summed E-state index contributed by atoms with van der Waals surface area (Å²) in [5.74, 6) is 1.57. The minimum atomic E-state index is -0.312. The SMILES string of the molecule is CCCC[C@@]12CCC(=O)N1[C@H](CO)Cc1cc(OC)c(OC)cc12. The molecule has 5 nitrogen and oxygen atoms in total. The lowest BCUT2D eigenvalue weighted by Crippen LogP contribution is -2.55. The standard InChI is InChI=1S/C19H27NO4/c1-4-5-7-19-8-6-18(22)20(19)14(12-21)9-13-10-16(23-2)17(24-3)11-15(13)19/h10-11,14,21H,4-9,12H2,1-3H3/t14-,19-/m0/s1. The normalized spacial score (nSPS) is 25.4. The van der Waals surface area contributed by atoms with Gasteiger partial charge in [-0.05, 0) is 42.5 Å². The van der Waals surface area contributed by atoms with Crippen LogP contribution in [0.4, 0.5) is 0 Å². The van der Waals surface area contributed by atoms with Gasteiger partial charge >= 0.3 is 0 Å². The maximum absolute atomic E-state index is 12.6. The Hall–Kier alpha value is -1.75. The summed E-state index contributed by atoms with van der Waals surface area (Å²) in [5, 5.41) is 9.90. The van der Waals surface area contributed by atoms with E-state index in [0.717, 1.165) is 31.2 Å². The molecule has 0 saturated carbocycles. The Labute approximate surface area is 143 Å². The summed E-state index contributed by atoms with van der Waals surface area (Å²) in [6, 6.07) is 3.91. The number of ether oxygens (including phenoxy) is 2. The van der Waals surface area contributed by atoms with Crippen molar-refractivity contribution in [1.29, 1.82) is 0 Å². The molecular formula is C19H27NO4. The number of hydrogen-bond donors (Lipinski definition) is 1. The fraction of sp³-hybridized carbons (Fsp3) is 0.632. The summed E-state index contributed by atoms with van der Waals surface area (Å²) in [4.78, 5) is 14.6. The summed E-state index contributed by atoms with van der Waals surface area (Å²) in [6.07, 6.45) is 5.07. The number of carbonyl (C=O) groups excluding carboxylic acids is 1. The highest BCUT2D eigenvalue weighted by molar-refractivity contribution is 5.81. The van der Waals surface area contributed by atoms with Gasteiger partial charge in [0, 0.05) is 6.42 Å². The highest BCUT2D eigenvalue weighted by Gasteiger charge is 2.52. The molecule has 0 spiro atoms. The van der Waals surface area contributed by atoms with E-state index in [9.17, 15) is 9.90 Å². The summed E-state index contributed by atoms with van der Waals surface area (Å²) >= 11 is 0. The third kappa shape index (κ3) is 2.46. The lowest BCUT2D eigenvalue weighted by molar-refractivity contribution is -0.137. The zero-order valence-corrected chi connectivity index (χ0v) is 14.8. The molecule has 3 rings (SSSR count). The highest BCUT2D eigenvalue weighted by atomic mass is 16.5. The number of benzene rings is 1. The van der Waals surface area contributed by atoms with Crippen molar-refractivity contribution in [2.24, 2.45) is 0 Å². The first-order valence-electron chi connectivity index (χ1n) is 8.79. The van der Waals surface area contributed by atoms with Crippen molar-refractivity contribution in [2.75, 3.05) is 20.8 Å². The number of rotatable bonds is 6. The van der Waals surface area contributed by atoms with Gasteiger partial charge < -0.3 is 19.5 Å². The van der Waals surface area contributed by atoms with Crippen LogP contribution in [0, 0.1) is 0 Å². The molecule has 1 N–H and O–H groups in total. The molecule has 2 atom stereocenters. The van der Waals surface area contributed by atoms with E-state index in [1.165, 1.54) is 5.56 Å². The molecule has 2 aliphatic heterocycles. The zero-order valence-electron chi connectivity index (χ0n) is 14.8. The smallest absolute Gasteiger partial charge is 0.223 e. The topological polar surface area (TPSA) is 59.0 Å². The molecule has 2 aliphatic rings. The number of carbonyl (C=O) groups is 1. The quantitative estimate of drug-likeness (QED) is 0.869. The van der Waals surface area contributed by atoms with Crippen LogP contribution < -0.4 is 9.47 Å². The van der Waals surface area contributed by atoms with Gasteiger partial charge in [-0.1, -0.05) is 19.8 Å². The van der Waals surface area contributed by atoms with Crippen molar-refractivity contribution in [2.45, 2.75) is 57.0 Å². The number of methoxy groups -OCH3 is 2. The van der Waals surface area contributed by atoms with E-state index in [1.807, 2.05) is 17.0 Å². The van der Waals surface area contributed by atoms with Gasteiger partial charge in [0.05, 0.1) is 32.4 Å². The summed E-state index contributed by atoms with van der Waals surface area (Å²) in [6.45, 7) is 2.16. The summed E-state index contributed by atoms with van der Waals surface area (Å²) < 4.78 is 11.0. The van der Waals surface area contributed by atoms with Gasteiger partial charge in [0.25, 0.3) is 0 Å². The number of aliphatic hydroxyl groups is 1. The van der Waals surface area contributed by atoms with Crippen molar-refractivity contribution >= 4 is 5.91 Å². The van der Waals surface area contributed by atoms with Crippen LogP contribution in [0.25, 0.3) is 0 Å². The molecule has 1 fully saturated rings. The maximum atomic E-state index is 12.6. The predicted molar refractivity (Wildman–Crippen MR) is 91.4 cm³/mol. The van der Waals surface area contributed by atoms with Gasteiger partial charge in [-0.15, -0.1) is 0 Å². The largest absolute Gasteiger partial charge is 0.493 e. The number of aliphatic hydroxyl groups excluding tert-OH is 1. The Morgan fingerprint density at radius 3 is 2.62 bits per heavy atom. The Bertz CT molecular complexity index is 630. The molecular weight excluding hydrogens is 306 g/mol. The maximum Gasteiger partial charge on any atom is 0.223 e. The first-order valence-corrected chi connectivity index (χ1v) is 8.79. The Balaban J connectivity index is 2.17. The van der Waals surface area contributed by atoms with Crippen molar-refractivity contribution in [3.8, 4) is 11.5 Å². The second kappa shape index (κ2) is 6.63. The van der Waals surface area contributed by atoms with Crippen molar-refractivity contribution in [3.63, 3.8) is 0 Å². The van der Waals surface area contributed by atoms with Crippen LogP contribution >= 0.6 is 0 Å². The Kier molecular flexibility index (Phi) is 4.72. The van der Waals surface area contributed by atoms with Crippen LogP contribution in [0.2, 0.25) is 0 Å². The van der Waals surface area contributed by atoms with E-state index in [4.69, 9.17) is 9.47 Å². The van der Waals surface area contributed by atoms with E-state index in [1.54, 1.807) is 14.2 Å². The first kappa shape index (κ1) is 17.1. The van der Waals surface area contributed by atoms with Crippen LogP contribution in [-0.4, -0.2) is 42.8 Å². The molecule has 132 valence electrons. The number of hydrogen-bond acceptors (Lipinski definition) is 4. The number of unbranched alkanes of at least 4 members (excludes halogenated alkanes) is 1. The van der Waals surface area contributed by atoms with E-state index in [0.29, 0.717) is 24.3 Å². The second-order valence-corrected chi connectivity index (χ2v) is 6.80. The minimum absolute atomic E-state index is 0.00655. The highest BCUT2D eigenvalue weighted by Crippen LogP contribution is 2.51. The van der Waals surface area contributed by atoms with E-state index in [-0.39, 0.29) is 24.1 Å². The van der Waals surface area contributed by atoms with Crippen LogP contribution in [0.15, 0.2) is 12.1 Å². The molecule has 24 heavy (non-hydrogen) atoms. The third-order valence-corrected chi connectivity index (χ3v) is 5.57. The Morgan fingerprint density at radius 2 is 2.00 bits per heavy atom. The van der Waals surface area contributed by atoms with Crippen molar-refractivity contribution in [1.82, 2.24) is 4.90 Å². The van der Waals surface area contributed by atoms with Gasteiger partial charge in [0.1, 0.15) is 0 Å². The molecule has 0 aromatic heterocycles. The predicted octanol–water partition coefficient (Wildman–Crippen LogP) is 2.63. The lowest BCUT2D eigenvalue weighted by atomic mass is 9.75. The first-order chi connectivity index (χ1) is 11.6. The van der Waals surface area contributed by atoms with Crippen LogP contribution in [0.1, 0.15) is 50.2 Å². The fourth-order valence-electron chi connectivity index (χ4n) is 4.47. The van der Waals surface area contributed by atoms with Gasteiger partial charge in [-0.25, -0.2) is 0 Å². The molecule has 1 saturated heterocycles. The molecule has 0 unspecified atom stereocenters. The number of nitrogens with zero attached hydrogens (tertiary/aromatic N) is 1. The molecule has 1 amide bonds. The van der Waals surface area contributed by atoms with Gasteiger partial charge in [0.2, 0.25) is 5.91 Å². The average molecular weight is 333 g/mol. The monoisotopic (exact) mass is 333 g/mol. The van der Waals surface area contributed by atoms with Crippen LogP contribution in [0.3, 0.4) is 0 Å².